The van der Waals surface area contributed by atoms with Crippen molar-refractivity contribution >= 4 is 50.7 Å². The molecular weight excluding hydrogens is 536 g/mol. The van der Waals surface area contributed by atoms with E-state index in [2.05, 4.69) is 34.9 Å². The van der Waals surface area contributed by atoms with E-state index in [0.717, 1.165) is 50.0 Å². The molecule has 0 radical (unpaired) electrons. The lowest BCUT2D eigenvalue weighted by Gasteiger charge is -2.10. The van der Waals surface area contributed by atoms with Crippen molar-refractivity contribution < 1.29 is 0 Å². The zero-order valence-electron chi connectivity index (χ0n) is 21.5. The van der Waals surface area contributed by atoms with Crippen LogP contribution in [0.15, 0.2) is 98.1 Å². The Labute approximate surface area is 239 Å². The Morgan fingerprint density at radius 3 is 1.98 bits per heavy atom. The van der Waals surface area contributed by atoms with Crippen LogP contribution in [0.1, 0.15) is 0 Å². The molecule has 7 aromatic heterocycles. The van der Waals surface area contributed by atoms with Crippen LogP contribution in [0.4, 0.5) is 17.2 Å². The highest BCUT2D eigenvalue weighted by Crippen LogP contribution is 2.34. The molecule has 0 fully saturated rings. The first kappa shape index (κ1) is 25.7. The predicted molar refractivity (Wildman–Crippen MR) is 164 cm³/mol. The van der Waals surface area contributed by atoms with Crippen LogP contribution in [0, 0.1) is 0 Å². The molecule has 0 amide bonds. The molecule has 0 aliphatic heterocycles. The van der Waals surface area contributed by atoms with Crippen molar-refractivity contribution in [2.75, 3.05) is 17.2 Å². The third kappa shape index (κ3) is 5.32. The maximum atomic E-state index is 6.24. The fourth-order valence-corrected chi connectivity index (χ4v) is 4.59. The van der Waals surface area contributed by atoms with Gasteiger partial charge in [0.15, 0.2) is 0 Å². The van der Waals surface area contributed by atoms with E-state index >= 15 is 0 Å². The van der Waals surface area contributed by atoms with E-state index < -0.39 is 0 Å². The number of halogens is 1. The van der Waals surface area contributed by atoms with Gasteiger partial charge in [-0.2, -0.15) is 0 Å². The molecule has 0 atom stereocenters. The summed E-state index contributed by atoms with van der Waals surface area (Å²) in [6.45, 7) is 0. The normalized spacial score (nSPS) is 10.9. The van der Waals surface area contributed by atoms with Crippen molar-refractivity contribution in [2.45, 2.75) is 0 Å². The second kappa shape index (κ2) is 10.9. The van der Waals surface area contributed by atoms with Crippen LogP contribution in [0.25, 0.3) is 55.6 Å². The number of anilines is 3. The van der Waals surface area contributed by atoms with Gasteiger partial charge in [-0.1, -0.05) is 11.6 Å². The van der Waals surface area contributed by atoms with Gasteiger partial charge in [0.05, 0.1) is 51.9 Å². The lowest BCUT2D eigenvalue weighted by molar-refractivity contribution is 1.27. The van der Waals surface area contributed by atoms with Crippen molar-refractivity contribution in [3.8, 4) is 33.6 Å². The maximum Gasteiger partial charge on any atom is 0.138 e. The Kier molecular flexibility index (Phi) is 6.80. The molecule has 0 bridgehead atoms. The first-order valence-corrected chi connectivity index (χ1v) is 12.8. The summed E-state index contributed by atoms with van der Waals surface area (Å²) in [7, 11) is 0. The van der Waals surface area contributed by atoms with Crippen LogP contribution in [0.2, 0.25) is 5.02 Å². The van der Waals surface area contributed by atoms with Gasteiger partial charge >= 0.3 is 0 Å². The third-order valence-corrected chi connectivity index (χ3v) is 6.66. The number of pyridine rings is 6. The lowest BCUT2D eigenvalue weighted by atomic mass is 10.0. The van der Waals surface area contributed by atoms with Crippen LogP contribution in [-0.2, 0) is 0 Å². The van der Waals surface area contributed by atoms with Gasteiger partial charge in [-0.25, -0.2) is 9.97 Å². The molecule has 0 spiro atoms. The molecule has 0 unspecified atom stereocenters. The minimum absolute atomic E-state index is 0.370. The van der Waals surface area contributed by atoms with E-state index in [9.17, 15) is 0 Å². The average Bonchev–Trinajstić information content (AvgIpc) is 3.37. The number of fused-ring (bicyclic) bond motifs is 3. The highest BCUT2D eigenvalue weighted by molar-refractivity contribution is 6.33. The van der Waals surface area contributed by atoms with Gasteiger partial charge in [0.1, 0.15) is 11.5 Å². The number of nitrogens with zero attached hydrogens (tertiary/aromatic N) is 6. The Hall–Kier alpha value is -5.61. The molecule has 0 saturated carbocycles. The molecule has 7 aromatic rings. The minimum atomic E-state index is 0.370. The molecular formula is C30H23ClN10. The topological polar surface area (TPSA) is 171 Å². The minimum Gasteiger partial charge on any atom is -0.397 e. The summed E-state index contributed by atoms with van der Waals surface area (Å²) in [5.41, 5.74) is 25.4. The third-order valence-electron chi connectivity index (χ3n) is 6.36. The fourth-order valence-electron chi connectivity index (χ4n) is 4.39. The van der Waals surface area contributed by atoms with Crippen molar-refractivity contribution in [2.24, 2.45) is 0 Å². The van der Waals surface area contributed by atoms with Gasteiger partial charge in [-0.15, -0.1) is 0 Å². The van der Waals surface area contributed by atoms with E-state index in [0.29, 0.717) is 27.8 Å². The summed E-state index contributed by atoms with van der Waals surface area (Å²) >= 11 is 6.24. The first-order chi connectivity index (χ1) is 20.0. The summed E-state index contributed by atoms with van der Waals surface area (Å²) in [6, 6.07) is 15.2. The van der Waals surface area contributed by atoms with Gasteiger partial charge in [0.25, 0.3) is 0 Å². The lowest BCUT2D eigenvalue weighted by Crippen LogP contribution is -1.97. The molecule has 7 N–H and O–H groups in total. The van der Waals surface area contributed by atoms with E-state index in [4.69, 9.17) is 28.8 Å². The van der Waals surface area contributed by atoms with E-state index in [-0.39, 0.29) is 0 Å². The van der Waals surface area contributed by atoms with E-state index in [1.165, 1.54) is 6.20 Å². The Morgan fingerprint density at radius 1 is 0.610 bits per heavy atom. The number of aromatic nitrogens is 7. The Morgan fingerprint density at radius 2 is 1.27 bits per heavy atom. The summed E-state index contributed by atoms with van der Waals surface area (Å²) in [4.78, 5) is 28.6. The van der Waals surface area contributed by atoms with Crippen LogP contribution < -0.4 is 17.2 Å². The number of hydrogen-bond donors (Lipinski definition) is 4. The second-order valence-electron chi connectivity index (χ2n) is 9.14. The summed E-state index contributed by atoms with van der Waals surface area (Å²) in [5.74, 6) is 0.370. The predicted octanol–water partition coefficient (Wildman–Crippen LogP) is 5.78. The maximum absolute atomic E-state index is 6.24. The van der Waals surface area contributed by atoms with Crippen LogP contribution >= 0.6 is 11.6 Å². The second-order valence-corrected chi connectivity index (χ2v) is 9.55. The number of nitrogens with one attached hydrogen (secondary N) is 1. The molecule has 41 heavy (non-hydrogen) atoms. The molecule has 7 rings (SSSR count). The Balaban J connectivity index is 0.000000148. The number of H-pyrrole nitrogens is 1. The van der Waals surface area contributed by atoms with Gasteiger partial charge in [-0.05, 0) is 48.5 Å². The molecule has 200 valence electrons. The zero-order chi connectivity index (χ0) is 28.3. The van der Waals surface area contributed by atoms with Crippen molar-refractivity contribution in [3.63, 3.8) is 0 Å². The molecule has 0 aliphatic rings. The number of rotatable bonds is 3. The summed E-state index contributed by atoms with van der Waals surface area (Å²) in [5, 5.41) is 2.56. The highest BCUT2D eigenvalue weighted by Gasteiger charge is 2.12. The van der Waals surface area contributed by atoms with Gasteiger partial charge in [0, 0.05) is 64.0 Å². The van der Waals surface area contributed by atoms with Gasteiger partial charge < -0.3 is 22.2 Å². The molecule has 0 aliphatic carbocycles. The molecule has 7 heterocycles. The number of aromatic amines is 1. The standard InChI is InChI=1S/C15H12ClN5.C15H11N5/c16-13-8-20-14(9-2-1-3-19-6-9)5-11(13)12-4-10(17)7-21-15(12)18;16-10-4-12-11-5-13(9-2-1-3-17-6-9)18-8-14(11)20-15(12)19-7-10/h1-8H,17H2,(H2,18,21);1-8H,16H2,(H,19,20). The van der Waals surface area contributed by atoms with Crippen molar-refractivity contribution in [1.82, 2.24) is 34.9 Å². The summed E-state index contributed by atoms with van der Waals surface area (Å²) < 4.78 is 0. The smallest absolute Gasteiger partial charge is 0.138 e. The SMILES string of the molecule is Nc1cnc(N)c(-c2cc(-c3cccnc3)ncc2Cl)c1.Nc1cnc2[nH]c3cnc(-c4cccnc4)cc3c2c1. The number of nitrogen functional groups attached to an aromatic ring is 3. The van der Waals surface area contributed by atoms with E-state index in [1.807, 2.05) is 48.7 Å². The molecule has 0 aromatic carbocycles. The number of nitrogens with two attached hydrogens (primary N) is 3. The van der Waals surface area contributed by atoms with Gasteiger partial charge in [-0.3, -0.25) is 19.9 Å². The average molecular weight is 559 g/mol. The highest BCUT2D eigenvalue weighted by atomic mass is 35.5. The molecule has 10 nitrogen and oxygen atoms in total. The fraction of sp³-hybridized carbons (Fsp3) is 0. The van der Waals surface area contributed by atoms with E-state index in [1.54, 1.807) is 43.2 Å². The molecule has 0 saturated heterocycles. The van der Waals surface area contributed by atoms with Crippen molar-refractivity contribution in [1.29, 1.82) is 0 Å². The molecule has 11 heteroatoms. The Bertz CT molecular complexity index is 1990. The first-order valence-electron chi connectivity index (χ1n) is 12.5. The van der Waals surface area contributed by atoms with Gasteiger partial charge in [0.2, 0.25) is 0 Å². The largest absolute Gasteiger partial charge is 0.397 e. The van der Waals surface area contributed by atoms with Crippen LogP contribution in [-0.4, -0.2) is 34.9 Å². The van der Waals surface area contributed by atoms with Crippen LogP contribution in [0.3, 0.4) is 0 Å². The van der Waals surface area contributed by atoms with Crippen molar-refractivity contribution in [3.05, 3.63) is 103 Å². The number of hydrogen-bond acceptors (Lipinski definition) is 9. The zero-order valence-corrected chi connectivity index (χ0v) is 22.3. The quantitative estimate of drug-likeness (QED) is 0.210. The summed E-state index contributed by atoms with van der Waals surface area (Å²) in [6.07, 6.45) is 13.6. The monoisotopic (exact) mass is 558 g/mol. The van der Waals surface area contributed by atoms with Crippen LogP contribution in [0.5, 0.6) is 0 Å².